The molecule has 3 aliphatic rings. The average Bonchev–Trinajstić information content (AvgIpc) is 3.06. The van der Waals surface area contributed by atoms with Crippen molar-refractivity contribution in [2.75, 3.05) is 25.4 Å². The molecule has 0 aliphatic carbocycles. The van der Waals surface area contributed by atoms with Crippen LogP contribution in [0.25, 0.3) is 0 Å². The molecule has 1 N–H and O–H groups in total. The van der Waals surface area contributed by atoms with Gasteiger partial charge in [0, 0.05) is 18.0 Å². The minimum absolute atomic E-state index is 0.106. The normalized spacial score (nSPS) is 30.8. The predicted octanol–water partition coefficient (Wildman–Crippen LogP) is 2.31. The summed E-state index contributed by atoms with van der Waals surface area (Å²) < 4.78 is 1.28. The van der Waals surface area contributed by atoms with Crippen LogP contribution >= 0.6 is 23.5 Å². The molecule has 21 heavy (non-hydrogen) atoms. The number of aliphatic hydroxyl groups is 1. The van der Waals surface area contributed by atoms with Gasteiger partial charge in [-0.05, 0) is 39.3 Å². The number of carbonyl (C=O) groups is 1. The number of likely N-dealkylation sites (tertiary alicyclic amines) is 1. The Morgan fingerprint density at radius 2 is 2.14 bits per heavy atom. The van der Waals surface area contributed by atoms with Crippen molar-refractivity contribution in [3.63, 3.8) is 0 Å². The Bertz CT molecular complexity index is 449. The molecule has 3 heterocycles. The van der Waals surface area contributed by atoms with Gasteiger partial charge in [0.05, 0.1) is 16.3 Å². The lowest BCUT2D eigenvalue weighted by atomic mass is 9.90. The molecule has 0 radical (unpaired) electrons. The number of nitrogens with zero attached hydrogens (tertiary/aromatic N) is 2. The first kappa shape index (κ1) is 15.7. The zero-order valence-corrected chi connectivity index (χ0v) is 14.4. The minimum atomic E-state index is -0.493. The van der Waals surface area contributed by atoms with Crippen molar-refractivity contribution in [2.24, 2.45) is 5.92 Å². The number of carbonyl (C=O) groups excluding carboxylic acids is 1. The Balaban J connectivity index is 1.53. The zero-order chi connectivity index (χ0) is 15.0. The second-order valence-corrected chi connectivity index (χ2v) is 8.48. The fourth-order valence-electron chi connectivity index (χ4n) is 3.28. The summed E-state index contributed by atoms with van der Waals surface area (Å²) in [6.07, 6.45) is 2.83. The third kappa shape index (κ3) is 2.87. The summed E-state index contributed by atoms with van der Waals surface area (Å²) in [6.45, 7) is 7.60. The molecule has 6 heteroatoms. The number of β-lactam (4-membered cyclic amide) rings is 1. The second-order valence-electron chi connectivity index (χ2n) is 5.99. The maximum absolute atomic E-state index is 12.2. The zero-order valence-electron chi connectivity index (χ0n) is 12.7. The number of amides is 1. The van der Waals surface area contributed by atoms with Gasteiger partial charge in [0.1, 0.15) is 5.37 Å². The summed E-state index contributed by atoms with van der Waals surface area (Å²) in [4.78, 5) is 16.6. The molecule has 2 saturated heterocycles. The molecule has 0 aromatic heterocycles. The highest BCUT2D eigenvalue weighted by atomic mass is 32.2. The van der Waals surface area contributed by atoms with E-state index in [1.165, 1.54) is 30.2 Å². The molecule has 0 bridgehead atoms. The second kappa shape index (κ2) is 6.52. The van der Waals surface area contributed by atoms with E-state index in [0.717, 1.165) is 18.0 Å². The topological polar surface area (TPSA) is 43.8 Å². The molecule has 0 unspecified atom stereocenters. The van der Waals surface area contributed by atoms with E-state index in [1.807, 2.05) is 30.5 Å². The summed E-state index contributed by atoms with van der Waals surface area (Å²) in [5.41, 5.74) is 1.10. The molecule has 118 valence electrons. The molecule has 3 atom stereocenters. The molecule has 0 spiro atoms. The Hall–Kier alpha value is -0.170. The smallest absolute Gasteiger partial charge is 0.236 e. The van der Waals surface area contributed by atoms with Crippen LogP contribution in [0.5, 0.6) is 0 Å². The standard InChI is InChI=1S/C15H24N2O2S2/c1-3-11(18)12-13(19)17-10(2)15(21-14(12)17)20-9-8-16-6-4-5-7-16/h11-12,14,18H,3-9H2,1-2H3/t11-,12+,14+/m0/s1. The van der Waals surface area contributed by atoms with E-state index < -0.39 is 6.10 Å². The Morgan fingerprint density at radius 3 is 2.81 bits per heavy atom. The molecule has 0 saturated carbocycles. The predicted molar refractivity (Wildman–Crippen MR) is 88.8 cm³/mol. The number of aliphatic hydroxyl groups excluding tert-OH is 1. The summed E-state index contributed by atoms with van der Waals surface area (Å²) in [5.74, 6) is 0.996. The highest BCUT2D eigenvalue weighted by Crippen LogP contribution is 2.53. The molecule has 3 aliphatic heterocycles. The van der Waals surface area contributed by atoms with E-state index in [2.05, 4.69) is 4.90 Å². The van der Waals surface area contributed by atoms with Crippen molar-refractivity contribution in [3.05, 3.63) is 9.93 Å². The van der Waals surface area contributed by atoms with Gasteiger partial charge in [-0.25, -0.2) is 0 Å². The summed E-state index contributed by atoms with van der Waals surface area (Å²) in [7, 11) is 0. The maximum Gasteiger partial charge on any atom is 0.236 e. The SMILES string of the molecule is CC[C@H](O)[C@@H]1C(=O)N2C(C)=C(SCCN3CCCC3)S[C@H]12. The first-order chi connectivity index (χ1) is 10.1. The summed E-state index contributed by atoms with van der Waals surface area (Å²) >= 11 is 3.65. The van der Waals surface area contributed by atoms with Crippen LogP contribution < -0.4 is 0 Å². The van der Waals surface area contributed by atoms with Gasteiger partial charge in [0.2, 0.25) is 5.91 Å². The molecule has 0 aromatic carbocycles. The lowest BCUT2D eigenvalue weighted by Crippen LogP contribution is -2.60. The van der Waals surface area contributed by atoms with Crippen LogP contribution in [0.4, 0.5) is 0 Å². The molecular weight excluding hydrogens is 304 g/mol. The van der Waals surface area contributed by atoms with E-state index >= 15 is 0 Å². The van der Waals surface area contributed by atoms with E-state index in [0.29, 0.717) is 6.42 Å². The Labute approximate surface area is 135 Å². The van der Waals surface area contributed by atoms with Gasteiger partial charge in [0.15, 0.2) is 0 Å². The lowest BCUT2D eigenvalue weighted by Gasteiger charge is -2.44. The van der Waals surface area contributed by atoms with E-state index in [4.69, 9.17) is 0 Å². The van der Waals surface area contributed by atoms with Gasteiger partial charge in [-0.2, -0.15) is 0 Å². The van der Waals surface area contributed by atoms with Crippen LogP contribution in [-0.4, -0.2) is 57.7 Å². The molecule has 4 nitrogen and oxygen atoms in total. The fraction of sp³-hybridized carbons (Fsp3) is 0.800. The van der Waals surface area contributed by atoms with Crippen LogP contribution in [0.2, 0.25) is 0 Å². The number of allylic oxidation sites excluding steroid dienone is 1. The third-order valence-electron chi connectivity index (χ3n) is 4.64. The Kier molecular flexibility index (Phi) is 4.88. The van der Waals surface area contributed by atoms with Crippen molar-refractivity contribution < 1.29 is 9.90 Å². The number of fused-ring (bicyclic) bond motifs is 1. The molecule has 3 rings (SSSR count). The monoisotopic (exact) mass is 328 g/mol. The van der Waals surface area contributed by atoms with Crippen molar-refractivity contribution >= 4 is 29.4 Å². The molecule has 0 aromatic rings. The van der Waals surface area contributed by atoms with Crippen LogP contribution in [0, 0.1) is 5.92 Å². The Morgan fingerprint density at radius 1 is 1.43 bits per heavy atom. The summed E-state index contributed by atoms with van der Waals surface area (Å²) in [6, 6.07) is 0. The van der Waals surface area contributed by atoms with Gasteiger partial charge in [-0.15, -0.1) is 11.8 Å². The van der Waals surface area contributed by atoms with Crippen LogP contribution in [0.1, 0.15) is 33.1 Å². The minimum Gasteiger partial charge on any atom is -0.392 e. The van der Waals surface area contributed by atoms with Crippen molar-refractivity contribution in [3.8, 4) is 0 Å². The number of hydrogen-bond acceptors (Lipinski definition) is 5. The number of hydrogen-bond donors (Lipinski definition) is 1. The van der Waals surface area contributed by atoms with E-state index in [1.54, 1.807) is 11.8 Å². The first-order valence-corrected chi connectivity index (χ1v) is 9.73. The molecular formula is C15H24N2O2S2. The third-order valence-corrected chi connectivity index (χ3v) is 7.48. The lowest BCUT2D eigenvalue weighted by molar-refractivity contribution is -0.153. The van der Waals surface area contributed by atoms with Gasteiger partial charge in [-0.1, -0.05) is 18.7 Å². The van der Waals surface area contributed by atoms with Crippen LogP contribution in [0.3, 0.4) is 0 Å². The van der Waals surface area contributed by atoms with E-state index in [9.17, 15) is 9.90 Å². The first-order valence-electron chi connectivity index (χ1n) is 7.87. The van der Waals surface area contributed by atoms with Crippen LogP contribution in [0.15, 0.2) is 9.93 Å². The molecule has 1 amide bonds. The highest BCUT2D eigenvalue weighted by molar-refractivity contribution is 8.22. The largest absolute Gasteiger partial charge is 0.392 e. The summed E-state index contributed by atoms with van der Waals surface area (Å²) in [5, 5.41) is 10.1. The van der Waals surface area contributed by atoms with E-state index in [-0.39, 0.29) is 17.2 Å². The highest BCUT2D eigenvalue weighted by Gasteiger charge is 2.55. The molecule has 2 fully saturated rings. The van der Waals surface area contributed by atoms with Crippen molar-refractivity contribution in [2.45, 2.75) is 44.6 Å². The van der Waals surface area contributed by atoms with Crippen molar-refractivity contribution in [1.29, 1.82) is 0 Å². The van der Waals surface area contributed by atoms with Gasteiger partial charge in [0.25, 0.3) is 0 Å². The fourth-order valence-corrected chi connectivity index (χ4v) is 6.24. The average molecular weight is 329 g/mol. The van der Waals surface area contributed by atoms with Gasteiger partial charge < -0.3 is 14.9 Å². The number of rotatable bonds is 6. The van der Waals surface area contributed by atoms with Crippen molar-refractivity contribution in [1.82, 2.24) is 9.80 Å². The van der Waals surface area contributed by atoms with Gasteiger partial charge >= 0.3 is 0 Å². The maximum atomic E-state index is 12.2. The number of thioether (sulfide) groups is 2. The quantitative estimate of drug-likeness (QED) is 0.758. The van der Waals surface area contributed by atoms with Crippen LogP contribution in [-0.2, 0) is 4.79 Å². The van der Waals surface area contributed by atoms with Gasteiger partial charge in [-0.3, -0.25) is 4.79 Å².